The Kier molecular flexibility index (Phi) is 18.7. The normalized spacial score (nSPS) is 13.2. The molecule has 29 heavy (non-hydrogen) atoms. The lowest BCUT2D eigenvalue weighted by Crippen LogP contribution is -2.52. The average molecular weight is 432 g/mol. The fourth-order valence-corrected chi connectivity index (χ4v) is 3.71. The van der Waals surface area contributed by atoms with Gasteiger partial charge < -0.3 is 21.5 Å². The molecule has 5 N–H and O–H groups in total. The van der Waals surface area contributed by atoms with Crippen LogP contribution in [0.15, 0.2) is 0 Å². The molecule has 7 heteroatoms. The van der Waals surface area contributed by atoms with E-state index >= 15 is 0 Å². The number of nitrogens with zero attached hydrogens (tertiary/aromatic N) is 1. The van der Waals surface area contributed by atoms with Crippen molar-refractivity contribution in [2.24, 2.45) is 11.5 Å². The molecule has 0 aromatic carbocycles. The number of rotatable bonds is 20. The summed E-state index contributed by atoms with van der Waals surface area (Å²) in [7, 11) is 0. The molecule has 0 spiro atoms. The van der Waals surface area contributed by atoms with Gasteiger partial charge in [0, 0.05) is 12.3 Å². The van der Waals surface area contributed by atoms with E-state index in [0.29, 0.717) is 25.9 Å². The van der Waals surface area contributed by atoms with E-state index < -0.39 is 18.1 Å². The number of amides is 1. The summed E-state index contributed by atoms with van der Waals surface area (Å²) in [5.74, 6) is -1.11. The Morgan fingerprint density at radius 2 is 1.38 bits per heavy atom. The SMILES string of the molecule is CCCCCCCCCCCCCCN(C(=O)[C@@H](N)CS)[C@@H](CCCN)C(=O)O. The van der Waals surface area contributed by atoms with E-state index in [1.807, 2.05) is 0 Å². The highest BCUT2D eigenvalue weighted by atomic mass is 32.1. The van der Waals surface area contributed by atoms with Gasteiger partial charge in [0.1, 0.15) is 6.04 Å². The highest BCUT2D eigenvalue weighted by Crippen LogP contribution is 2.15. The Balaban J connectivity index is 4.20. The zero-order valence-corrected chi connectivity index (χ0v) is 19.4. The first-order chi connectivity index (χ1) is 14.0. The zero-order valence-electron chi connectivity index (χ0n) is 18.5. The van der Waals surface area contributed by atoms with E-state index in [9.17, 15) is 14.7 Å². The fraction of sp³-hybridized carbons (Fsp3) is 0.909. The van der Waals surface area contributed by atoms with Gasteiger partial charge in [-0.15, -0.1) is 0 Å². The molecule has 0 aliphatic rings. The van der Waals surface area contributed by atoms with E-state index in [1.54, 1.807) is 0 Å². The summed E-state index contributed by atoms with van der Waals surface area (Å²) in [6, 6.07) is -1.62. The number of carbonyl (C=O) groups excluding carboxylic acids is 1. The summed E-state index contributed by atoms with van der Waals surface area (Å²) in [6.45, 7) is 3.08. The first kappa shape index (κ1) is 28.2. The number of hydrogen-bond acceptors (Lipinski definition) is 5. The number of unbranched alkanes of at least 4 members (excludes halogenated alkanes) is 11. The second-order valence-electron chi connectivity index (χ2n) is 7.99. The van der Waals surface area contributed by atoms with Crippen LogP contribution in [-0.2, 0) is 9.59 Å². The largest absolute Gasteiger partial charge is 0.480 e. The van der Waals surface area contributed by atoms with Crippen LogP contribution < -0.4 is 11.5 Å². The lowest BCUT2D eigenvalue weighted by atomic mass is 10.0. The van der Waals surface area contributed by atoms with Gasteiger partial charge >= 0.3 is 5.97 Å². The molecule has 6 nitrogen and oxygen atoms in total. The third kappa shape index (κ3) is 13.9. The van der Waals surface area contributed by atoms with Gasteiger partial charge in [-0.2, -0.15) is 12.6 Å². The molecule has 0 heterocycles. The summed E-state index contributed by atoms with van der Waals surface area (Å²) >= 11 is 4.09. The molecular weight excluding hydrogens is 386 g/mol. The van der Waals surface area contributed by atoms with Crippen molar-refractivity contribution in [1.29, 1.82) is 0 Å². The Hall–Kier alpha value is -0.790. The third-order valence-corrected chi connectivity index (χ3v) is 5.79. The van der Waals surface area contributed by atoms with E-state index in [1.165, 1.54) is 62.7 Å². The molecule has 0 aromatic heterocycles. The van der Waals surface area contributed by atoms with Crippen molar-refractivity contribution in [3.8, 4) is 0 Å². The van der Waals surface area contributed by atoms with E-state index in [-0.39, 0.29) is 11.7 Å². The van der Waals surface area contributed by atoms with Gasteiger partial charge in [0.05, 0.1) is 6.04 Å². The van der Waals surface area contributed by atoms with Gasteiger partial charge in [0.15, 0.2) is 0 Å². The van der Waals surface area contributed by atoms with Crippen LogP contribution in [0.3, 0.4) is 0 Å². The lowest BCUT2D eigenvalue weighted by molar-refractivity contribution is -0.151. The van der Waals surface area contributed by atoms with Gasteiger partial charge in [0.25, 0.3) is 0 Å². The second-order valence-corrected chi connectivity index (χ2v) is 8.36. The molecule has 0 radical (unpaired) electrons. The van der Waals surface area contributed by atoms with Crippen LogP contribution in [0.5, 0.6) is 0 Å². The summed E-state index contributed by atoms with van der Waals surface area (Å²) in [5.41, 5.74) is 11.4. The number of hydrogen-bond donors (Lipinski definition) is 4. The van der Waals surface area contributed by atoms with Crippen LogP contribution in [0.1, 0.15) is 96.8 Å². The predicted octanol–water partition coefficient (Wildman–Crippen LogP) is 3.97. The van der Waals surface area contributed by atoms with Crippen molar-refractivity contribution in [3.63, 3.8) is 0 Å². The van der Waals surface area contributed by atoms with Crippen LogP contribution in [-0.4, -0.2) is 52.8 Å². The molecule has 0 aromatic rings. The van der Waals surface area contributed by atoms with Crippen molar-refractivity contribution in [1.82, 2.24) is 4.90 Å². The molecule has 0 bridgehead atoms. The average Bonchev–Trinajstić information content (AvgIpc) is 2.71. The zero-order chi connectivity index (χ0) is 21.9. The predicted molar refractivity (Wildman–Crippen MR) is 124 cm³/mol. The third-order valence-electron chi connectivity index (χ3n) is 5.39. The molecule has 2 atom stereocenters. The van der Waals surface area contributed by atoms with Crippen LogP contribution >= 0.6 is 12.6 Å². The molecule has 0 rings (SSSR count). The number of carboxylic acids is 1. The minimum Gasteiger partial charge on any atom is -0.480 e. The van der Waals surface area contributed by atoms with Crippen molar-refractivity contribution in [3.05, 3.63) is 0 Å². The van der Waals surface area contributed by atoms with Crippen LogP contribution in [0.25, 0.3) is 0 Å². The maximum absolute atomic E-state index is 12.6. The number of carboxylic acid groups (broad SMARTS) is 1. The molecule has 0 saturated heterocycles. The van der Waals surface area contributed by atoms with Crippen LogP contribution in [0.4, 0.5) is 0 Å². The first-order valence-electron chi connectivity index (χ1n) is 11.6. The topological polar surface area (TPSA) is 110 Å². The van der Waals surface area contributed by atoms with Gasteiger partial charge in [-0.1, -0.05) is 77.6 Å². The minimum atomic E-state index is -0.989. The molecule has 0 saturated carbocycles. The maximum Gasteiger partial charge on any atom is 0.326 e. The Morgan fingerprint density at radius 1 is 0.897 bits per heavy atom. The first-order valence-corrected chi connectivity index (χ1v) is 12.2. The maximum atomic E-state index is 12.6. The monoisotopic (exact) mass is 431 g/mol. The van der Waals surface area contributed by atoms with Gasteiger partial charge in [-0.25, -0.2) is 4.79 Å². The fourth-order valence-electron chi connectivity index (χ4n) is 3.56. The molecule has 1 amide bonds. The number of nitrogens with two attached hydrogens (primary N) is 2. The van der Waals surface area contributed by atoms with Crippen LogP contribution in [0, 0.1) is 0 Å². The van der Waals surface area contributed by atoms with E-state index in [2.05, 4.69) is 19.6 Å². The van der Waals surface area contributed by atoms with Crippen molar-refractivity contribution >= 4 is 24.5 Å². The summed E-state index contributed by atoms with van der Waals surface area (Å²) in [6.07, 6.45) is 15.7. The lowest BCUT2D eigenvalue weighted by Gasteiger charge is -2.31. The Labute approximate surface area is 183 Å². The molecule has 0 fully saturated rings. The summed E-state index contributed by atoms with van der Waals surface area (Å²) in [5, 5.41) is 9.57. The Bertz CT molecular complexity index is 424. The highest BCUT2D eigenvalue weighted by molar-refractivity contribution is 7.80. The van der Waals surface area contributed by atoms with Gasteiger partial charge in [0.2, 0.25) is 5.91 Å². The quantitative estimate of drug-likeness (QED) is 0.172. The van der Waals surface area contributed by atoms with Crippen molar-refractivity contribution < 1.29 is 14.7 Å². The van der Waals surface area contributed by atoms with Gasteiger partial charge in [-0.3, -0.25) is 4.79 Å². The summed E-state index contributed by atoms with van der Waals surface area (Å²) in [4.78, 5) is 25.7. The van der Waals surface area contributed by atoms with Gasteiger partial charge in [-0.05, 0) is 25.8 Å². The molecule has 0 aliphatic heterocycles. The molecule has 0 aliphatic carbocycles. The van der Waals surface area contributed by atoms with E-state index in [0.717, 1.165) is 19.3 Å². The molecule has 172 valence electrons. The Morgan fingerprint density at radius 3 is 1.79 bits per heavy atom. The summed E-state index contributed by atoms with van der Waals surface area (Å²) < 4.78 is 0. The number of aliphatic carboxylic acids is 1. The molecule has 0 unspecified atom stereocenters. The smallest absolute Gasteiger partial charge is 0.326 e. The standard InChI is InChI=1S/C22H45N3O3S/c1-2-3-4-5-6-7-8-9-10-11-12-13-17-25(21(26)19(24)18-29)20(22(27)28)15-14-16-23/h19-20,29H,2-18,23-24H2,1H3,(H,27,28)/t19-,20-/m0/s1. The molecular formula is C22H45N3O3S. The van der Waals surface area contributed by atoms with E-state index in [4.69, 9.17) is 11.5 Å². The number of carbonyl (C=O) groups is 2. The van der Waals surface area contributed by atoms with Crippen LogP contribution in [0.2, 0.25) is 0 Å². The number of thiol groups is 1. The minimum absolute atomic E-state index is 0.205. The van der Waals surface area contributed by atoms with Crippen molar-refractivity contribution in [2.45, 2.75) is 109 Å². The second kappa shape index (κ2) is 19.2. The van der Waals surface area contributed by atoms with Crippen molar-refractivity contribution in [2.75, 3.05) is 18.8 Å². The highest BCUT2D eigenvalue weighted by Gasteiger charge is 2.31.